The molecule has 0 fully saturated rings. The smallest absolute Gasteiger partial charge is 0.150 e. The van der Waals surface area contributed by atoms with Gasteiger partial charge in [-0.05, 0) is 29.3 Å². The molecule has 0 atom stereocenters. The van der Waals surface area contributed by atoms with Crippen molar-refractivity contribution < 1.29 is 9.18 Å². The molecule has 0 radical (unpaired) electrons. The monoisotopic (exact) mass is 292 g/mol. The summed E-state index contributed by atoms with van der Waals surface area (Å²) < 4.78 is 14.4. The molecule has 1 nitrogen and oxygen atoms in total. The van der Waals surface area contributed by atoms with E-state index in [2.05, 4.69) is 15.9 Å². The van der Waals surface area contributed by atoms with Gasteiger partial charge in [-0.25, -0.2) is 4.39 Å². The van der Waals surface area contributed by atoms with Gasteiger partial charge in [0.2, 0.25) is 0 Å². The molecule has 0 bridgehead atoms. The summed E-state index contributed by atoms with van der Waals surface area (Å²) in [5, 5.41) is 0. The van der Waals surface area contributed by atoms with Crippen LogP contribution in [0.2, 0.25) is 0 Å². The predicted molar refractivity (Wildman–Crippen MR) is 68.7 cm³/mol. The van der Waals surface area contributed by atoms with Gasteiger partial charge in [-0.15, -0.1) is 0 Å². The minimum Gasteiger partial charge on any atom is -0.298 e. The molecule has 17 heavy (non-hydrogen) atoms. The van der Waals surface area contributed by atoms with Crippen LogP contribution in [0.1, 0.15) is 21.5 Å². The molecule has 0 aliphatic rings. The van der Waals surface area contributed by atoms with E-state index in [1.807, 2.05) is 12.1 Å². The maximum Gasteiger partial charge on any atom is 0.150 e. The van der Waals surface area contributed by atoms with E-state index in [1.165, 1.54) is 6.07 Å². The van der Waals surface area contributed by atoms with Crippen LogP contribution in [-0.2, 0) is 6.42 Å². The molecular formula is C14H10BrFO. The highest BCUT2D eigenvalue weighted by Gasteiger charge is 2.04. The topological polar surface area (TPSA) is 17.1 Å². The zero-order valence-electron chi connectivity index (χ0n) is 8.99. The Morgan fingerprint density at radius 2 is 1.82 bits per heavy atom. The van der Waals surface area contributed by atoms with Gasteiger partial charge in [-0.3, -0.25) is 4.79 Å². The van der Waals surface area contributed by atoms with Crippen molar-refractivity contribution in [1.82, 2.24) is 0 Å². The second kappa shape index (κ2) is 5.23. The molecule has 0 aliphatic carbocycles. The summed E-state index contributed by atoms with van der Waals surface area (Å²) in [5.74, 6) is -0.215. The number of carbonyl (C=O) groups is 1. The van der Waals surface area contributed by atoms with Gasteiger partial charge in [0, 0.05) is 16.5 Å². The Bertz CT molecular complexity index is 534. The summed E-state index contributed by atoms with van der Waals surface area (Å²) >= 11 is 3.32. The molecule has 2 aromatic carbocycles. The van der Waals surface area contributed by atoms with Crippen LogP contribution in [0.15, 0.2) is 46.9 Å². The van der Waals surface area contributed by atoms with Crippen molar-refractivity contribution in [2.45, 2.75) is 6.42 Å². The number of hydrogen-bond acceptors (Lipinski definition) is 1. The molecule has 0 N–H and O–H groups in total. The number of benzene rings is 2. The lowest BCUT2D eigenvalue weighted by molar-refractivity contribution is 0.112. The maximum absolute atomic E-state index is 13.5. The van der Waals surface area contributed by atoms with Crippen LogP contribution in [0.3, 0.4) is 0 Å². The zero-order valence-corrected chi connectivity index (χ0v) is 10.6. The number of aldehydes is 1. The van der Waals surface area contributed by atoms with Gasteiger partial charge in [0.25, 0.3) is 0 Å². The Balaban J connectivity index is 2.24. The standard InChI is InChI=1S/C14H10BrFO/c15-13-5-6-14(16)12(8-13)7-10-1-3-11(9-17)4-2-10/h1-6,8-9H,7H2. The van der Waals surface area contributed by atoms with E-state index >= 15 is 0 Å². The van der Waals surface area contributed by atoms with E-state index in [1.54, 1.807) is 24.3 Å². The molecule has 3 heteroatoms. The summed E-state index contributed by atoms with van der Waals surface area (Å²) in [6.45, 7) is 0. The first-order chi connectivity index (χ1) is 8.19. The fraction of sp³-hybridized carbons (Fsp3) is 0.0714. The van der Waals surface area contributed by atoms with Gasteiger partial charge in [-0.2, -0.15) is 0 Å². The van der Waals surface area contributed by atoms with Gasteiger partial charge in [-0.1, -0.05) is 40.2 Å². The summed E-state index contributed by atoms with van der Waals surface area (Å²) in [6.07, 6.45) is 1.31. The van der Waals surface area contributed by atoms with Crippen molar-refractivity contribution in [2.24, 2.45) is 0 Å². The zero-order chi connectivity index (χ0) is 12.3. The van der Waals surface area contributed by atoms with Crippen LogP contribution in [0.25, 0.3) is 0 Å². The van der Waals surface area contributed by atoms with Gasteiger partial charge in [0.1, 0.15) is 12.1 Å². The average molecular weight is 293 g/mol. The molecule has 86 valence electrons. The number of rotatable bonds is 3. The van der Waals surface area contributed by atoms with E-state index in [9.17, 15) is 9.18 Å². The number of carbonyl (C=O) groups excluding carboxylic acids is 1. The van der Waals surface area contributed by atoms with Crippen LogP contribution in [0, 0.1) is 5.82 Å². The lowest BCUT2D eigenvalue weighted by atomic mass is 10.0. The van der Waals surface area contributed by atoms with E-state index in [0.717, 1.165) is 16.3 Å². The molecule has 0 unspecified atom stereocenters. The molecule has 0 saturated carbocycles. The lowest BCUT2D eigenvalue weighted by Crippen LogP contribution is -1.93. The van der Waals surface area contributed by atoms with E-state index in [4.69, 9.17) is 0 Å². The first-order valence-corrected chi connectivity index (χ1v) is 5.96. The number of halogens is 2. The van der Waals surface area contributed by atoms with E-state index in [-0.39, 0.29) is 5.82 Å². The van der Waals surface area contributed by atoms with Crippen LogP contribution >= 0.6 is 15.9 Å². The third-order valence-electron chi connectivity index (χ3n) is 2.52. The molecule has 2 aromatic rings. The van der Waals surface area contributed by atoms with Crippen molar-refractivity contribution in [2.75, 3.05) is 0 Å². The van der Waals surface area contributed by atoms with Crippen molar-refractivity contribution in [3.8, 4) is 0 Å². The maximum atomic E-state index is 13.5. The summed E-state index contributed by atoms with van der Waals surface area (Å²) in [6, 6.07) is 12.0. The first-order valence-electron chi connectivity index (χ1n) is 5.17. The third-order valence-corrected chi connectivity index (χ3v) is 3.01. The van der Waals surface area contributed by atoms with Gasteiger partial charge < -0.3 is 0 Å². The minimum atomic E-state index is -0.215. The Labute approximate surface area is 107 Å². The first kappa shape index (κ1) is 12.0. The van der Waals surface area contributed by atoms with E-state index < -0.39 is 0 Å². The Morgan fingerprint density at radius 3 is 2.47 bits per heavy atom. The van der Waals surface area contributed by atoms with Crippen LogP contribution in [-0.4, -0.2) is 6.29 Å². The molecule has 2 rings (SSSR count). The van der Waals surface area contributed by atoms with Crippen molar-refractivity contribution >= 4 is 22.2 Å². The highest BCUT2D eigenvalue weighted by atomic mass is 79.9. The molecule has 0 amide bonds. The normalized spacial score (nSPS) is 10.2. The molecule has 0 heterocycles. The van der Waals surface area contributed by atoms with Crippen LogP contribution in [0.4, 0.5) is 4.39 Å². The van der Waals surface area contributed by atoms with Crippen LogP contribution in [0.5, 0.6) is 0 Å². The molecular weight excluding hydrogens is 283 g/mol. The van der Waals surface area contributed by atoms with Crippen molar-refractivity contribution in [3.05, 3.63) is 69.4 Å². The van der Waals surface area contributed by atoms with Crippen LogP contribution < -0.4 is 0 Å². The fourth-order valence-electron chi connectivity index (χ4n) is 1.61. The SMILES string of the molecule is O=Cc1ccc(Cc2cc(Br)ccc2F)cc1. The van der Waals surface area contributed by atoms with Crippen molar-refractivity contribution in [3.63, 3.8) is 0 Å². The highest BCUT2D eigenvalue weighted by Crippen LogP contribution is 2.18. The number of hydrogen-bond donors (Lipinski definition) is 0. The Hall–Kier alpha value is -1.48. The molecule has 0 aromatic heterocycles. The van der Waals surface area contributed by atoms with E-state index in [0.29, 0.717) is 17.5 Å². The van der Waals surface area contributed by atoms with Gasteiger partial charge >= 0.3 is 0 Å². The quantitative estimate of drug-likeness (QED) is 0.782. The predicted octanol–water partition coefficient (Wildman–Crippen LogP) is 3.99. The summed E-state index contributed by atoms with van der Waals surface area (Å²) in [4.78, 5) is 10.5. The summed E-state index contributed by atoms with van der Waals surface area (Å²) in [7, 11) is 0. The second-order valence-corrected chi connectivity index (χ2v) is 4.69. The third kappa shape index (κ3) is 3.01. The fourth-order valence-corrected chi connectivity index (χ4v) is 2.02. The Kier molecular flexibility index (Phi) is 3.69. The average Bonchev–Trinajstić information content (AvgIpc) is 2.35. The Morgan fingerprint density at radius 1 is 1.12 bits per heavy atom. The highest BCUT2D eigenvalue weighted by molar-refractivity contribution is 9.10. The molecule has 0 spiro atoms. The van der Waals surface area contributed by atoms with Gasteiger partial charge in [0.05, 0.1) is 0 Å². The minimum absolute atomic E-state index is 0.215. The largest absolute Gasteiger partial charge is 0.298 e. The van der Waals surface area contributed by atoms with Crippen molar-refractivity contribution in [1.29, 1.82) is 0 Å². The second-order valence-electron chi connectivity index (χ2n) is 3.77. The summed E-state index contributed by atoms with van der Waals surface area (Å²) in [5.41, 5.74) is 2.24. The molecule has 0 aliphatic heterocycles. The van der Waals surface area contributed by atoms with Gasteiger partial charge in [0.15, 0.2) is 0 Å². The lowest BCUT2D eigenvalue weighted by Gasteiger charge is -2.04. The molecule has 0 saturated heterocycles.